The van der Waals surface area contributed by atoms with Crippen LogP contribution in [0.15, 0.2) is 72.1 Å². The number of hydrogen-bond acceptors (Lipinski definition) is 4. The average molecular weight is 425 g/mol. The fourth-order valence-electron chi connectivity index (χ4n) is 3.77. The van der Waals surface area contributed by atoms with Gasteiger partial charge in [-0.1, -0.05) is 18.2 Å². The Bertz CT molecular complexity index is 1330. The molecule has 8 heteroatoms. The SMILES string of the molecule is CCn1cc(-c2ccnc3[nH]ccc23)c(-c2ccc(NC(=O)NC3=NCCC=C3)cc2)n1. The molecule has 0 fully saturated rings. The third-order valence-electron chi connectivity index (χ3n) is 5.35. The molecule has 1 aliphatic heterocycles. The van der Waals surface area contributed by atoms with E-state index < -0.39 is 0 Å². The molecule has 0 atom stereocenters. The number of anilines is 1. The highest BCUT2D eigenvalue weighted by molar-refractivity contribution is 6.08. The standard InChI is InChI=1S/C24H23N7O/c1-2-31-15-20(18-10-13-26-23-19(18)11-14-27-23)22(30-31)16-6-8-17(9-7-16)28-24(32)29-21-5-3-4-12-25-21/h3,5-11,13-15H,2,4,12H2,1H3,(H,26,27)(H2,25,28,29,32). The van der Waals surface area contributed by atoms with Gasteiger partial charge in [0.15, 0.2) is 0 Å². The summed E-state index contributed by atoms with van der Waals surface area (Å²) in [5, 5.41) is 11.5. The molecule has 1 aliphatic rings. The Morgan fingerprint density at radius 2 is 2.00 bits per heavy atom. The Hall–Kier alpha value is -4.20. The molecule has 160 valence electrons. The fraction of sp³-hybridized carbons (Fsp3) is 0.167. The smallest absolute Gasteiger partial charge is 0.324 e. The maximum Gasteiger partial charge on any atom is 0.324 e. The summed E-state index contributed by atoms with van der Waals surface area (Å²) in [7, 11) is 0. The van der Waals surface area contributed by atoms with Crippen LogP contribution in [0.1, 0.15) is 13.3 Å². The lowest BCUT2D eigenvalue weighted by Gasteiger charge is -2.10. The number of nitrogens with one attached hydrogen (secondary N) is 3. The maximum absolute atomic E-state index is 12.3. The van der Waals surface area contributed by atoms with Crippen molar-refractivity contribution in [3.63, 3.8) is 0 Å². The van der Waals surface area contributed by atoms with Gasteiger partial charge in [0.2, 0.25) is 0 Å². The number of fused-ring (bicyclic) bond motifs is 1. The minimum atomic E-state index is -0.314. The number of carbonyl (C=O) groups excluding carboxylic acids is 1. The minimum absolute atomic E-state index is 0.314. The Labute approximate surface area is 185 Å². The molecule has 0 unspecified atom stereocenters. The van der Waals surface area contributed by atoms with E-state index in [0.29, 0.717) is 18.1 Å². The van der Waals surface area contributed by atoms with Crippen LogP contribution in [0.4, 0.5) is 10.5 Å². The van der Waals surface area contributed by atoms with Crippen molar-refractivity contribution in [2.24, 2.45) is 4.99 Å². The molecule has 3 N–H and O–H groups in total. The number of carbonyl (C=O) groups is 1. The Morgan fingerprint density at radius 1 is 1.12 bits per heavy atom. The van der Waals surface area contributed by atoms with E-state index in [1.807, 2.05) is 59.4 Å². The first-order chi connectivity index (χ1) is 15.7. The molecule has 0 saturated heterocycles. The second kappa shape index (κ2) is 8.50. The van der Waals surface area contributed by atoms with Gasteiger partial charge < -0.3 is 10.3 Å². The van der Waals surface area contributed by atoms with Crippen LogP contribution in [0.5, 0.6) is 0 Å². The van der Waals surface area contributed by atoms with E-state index in [-0.39, 0.29) is 6.03 Å². The van der Waals surface area contributed by atoms with Gasteiger partial charge in [-0.2, -0.15) is 5.10 Å². The van der Waals surface area contributed by atoms with Gasteiger partial charge in [0.25, 0.3) is 0 Å². The van der Waals surface area contributed by atoms with Crippen LogP contribution in [-0.4, -0.2) is 38.2 Å². The summed E-state index contributed by atoms with van der Waals surface area (Å²) in [5.41, 5.74) is 5.52. The summed E-state index contributed by atoms with van der Waals surface area (Å²) >= 11 is 0. The van der Waals surface area contributed by atoms with Gasteiger partial charge in [0.1, 0.15) is 17.2 Å². The summed E-state index contributed by atoms with van der Waals surface area (Å²) in [5.74, 6) is 0.577. The van der Waals surface area contributed by atoms with Crippen molar-refractivity contribution in [2.45, 2.75) is 19.9 Å². The summed E-state index contributed by atoms with van der Waals surface area (Å²) in [4.78, 5) is 24.1. The number of aliphatic imine (C=N–C) groups is 1. The van der Waals surface area contributed by atoms with Gasteiger partial charge in [-0.15, -0.1) is 0 Å². The molecule has 0 spiro atoms. The van der Waals surface area contributed by atoms with Crippen molar-refractivity contribution in [1.29, 1.82) is 0 Å². The van der Waals surface area contributed by atoms with Crippen molar-refractivity contribution < 1.29 is 4.79 Å². The van der Waals surface area contributed by atoms with E-state index >= 15 is 0 Å². The molecule has 0 aliphatic carbocycles. The molecule has 5 rings (SSSR count). The van der Waals surface area contributed by atoms with Crippen LogP contribution in [0.3, 0.4) is 0 Å². The molecule has 4 heterocycles. The van der Waals surface area contributed by atoms with Gasteiger partial charge in [-0.25, -0.2) is 9.78 Å². The molecule has 0 bridgehead atoms. The maximum atomic E-state index is 12.3. The van der Waals surface area contributed by atoms with Crippen LogP contribution >= 0.6 is 0 Å². The number of nitrogens with zero attached hydrogens (tertiary/aromatic N) is 4. The number of aromatic nitrogens is 4. The average Bonchev–Trinajstić information content (AvgIpc) is 3.47. The van der Waals surface area contributed by atoms with Crippen LogP contribution in [0, 0.1) is 0 Å². The second-order valence-corrected chi connectivity index (χ2v) is 7.46. The zero-order chi connectivity index (χ0) is 21.9. The number of hydrogen-bond donors (Lipinski definition) is 3. The lowest BCUT2D eigenvalue weighted by Crippen LogP contribution is -2.34. The normalized spacial score (nSPS) is 13.2. The summed E-state index contributed by atoms with van der Waals surface area (Å²) < 4.78 is 1.93. The van der Waals surface area contributed by atoms with Crippen molar-refractivity contribution in [3.8, 4) is 22.4 Å². The topological polar surface area (TPSA) is 100.0 Å². The second-order valence-electron chi connectivity index (χ2n) is 7.46. The first-order valence-electron chi connectivity index (χ1n) is 10.6. The van der Waals surface area contributed by atoms with Gasteiger partial charge in [0.05, 0.1) is 0 Å². The summed E-state index contributed by atoms with van der Waals surface area (Å²) in [6.07, 6.45) is 10.5. The molecule has 32 heavy (non-hydrogen) atoms. The third-order valence-corrected chi connectivity index (χ3v) is 5.35. The number of amides is 2. The van der Waals surface area contributed by atoms with E-state index in [1.165, 1.54) is 0 Å². The number of amidine groups is 1. The lowest BCUT2D eigenvalue weighted by atomic mass is 10.0. The van der Waals surface area contributed by atoms with Gasteiger partial charge in [0, 0.05) is 53.9 Å². The monoisotopic (exact) mass is 425 g/mol. The number of pyridine rings is 1. The highest BCUT2D eigenvalue weighted by Crippen LogP contribution is 2.35. The number of urea groups is 1. The predicted octanol–water partition coefficient (Wildman–Crippen LogP) is 4.59. The van der Waals surface area contributed by atoms with Crippen molar-refractivity contribution >= 4 is 28.6 Å². The Morgan fingerprint density at radius 3 is 2.78 bits per heavy atom. The summed E-state index contributed by atoms with van der Waals surface area (Å²) in [6.45, 7) is 3.53. The van der Waals surface area contributed by atoms with Crippen LogP contribution in [0.2, 0.25) is 0 Å². The zero-order valence-corrected chi connectivity index (χ0v) is 17.7. The first kappa shape index (κ1) is 19.7. The van der Waals surface area contributed by atoms with E-state index in [1.54, 1.807) is 6.20 Å². The van der Waals surface area contributed by atoms with Crippen molar-refractivity contribution in [1.82, 2.24) is 25.1 Å². The fourth-order valence-corrected chi connectivity index (χ4v) is 3.77. The van der Waals surface area contributed by atoms with E-state index in [4.69, 9.17) is 5.10 Å². The van der Waals surface area contributed by atoms with Gasteiger partial charge >= 0.3 is 6.03 Å². The first-order valence-corrected chi connectivity index (χ1v) is 10.6. The van der Waals surface area contributed by atoms with E-state index in [0.717, 1.165) is 46.4 Å². The molecule has 0 saturated carbocycles. The van der Waals surface area contributed by atoms with Gasteiger partial charge in [-0.3, -0.25) is 15.0 Å². The number of aromatic amines is 1. The van der Waals surface area contributed by atoms with Crippen molar-refractivity contribution in [3.05, 3.63) is 67.1 Å². The highest BCUT2D eigenvalue weighted by atomic mass is 16.2. The molecule has 8 nitrogen and oxygen atoms in total. The molecular weight excluding hydrogens is 402 g/mol. The molecule has 3 aromatic heterocycles. The molecule has 1 aromatic carbocycles. The largest absolute Gasteiger partial charge is 0.346 e. The van der Waals surface area contributed by atoms with Gasteiger partial charge in [-0.05, 0) is 49.2 Å². The molecular formula is C24H23N7O. The third kappa shape index (κ3) is 3.90. The van der Waals surface area contributed by atoms with Crippen LogP contribution in [0.25, 0.3) is 33.4 Å². The molecule has 0 radical (unpaired) electrons. The minimum Gasteiger partial charge on any atom is -0.346 e. The highest BCUT2D eigenvalue weighted by Gasteiger charge is 2.16. The molecule has 2 amide bonds. The summed E-state index contributed by atoms with van der Waals surface area (Å²) in [6, 6.07) is 11.4. The number of benzene rings is 1. The predicted molar refractivity (Wildman–Crippen MR) is 127 cm³/mol. The molecule has 4 aromatic rings. The van der Waals surface area contributed by atoms with E-state index in [9.17, 15) is 4.79 Å². The van der Waals surface area contributed by atoms with E-state index in [2.05, 4.69) is 38.7 Å². The quantitative estimate of drug-likeness (QED) is 0.446. The number of dihydropyridines is 1. The van der Waals surface area contributed by atoms with Crippen LogP contribution < -0.4 is 10.6 Å². The van der Waals surface area contributed by atoms with Crippen molar-refractivity contribution in [2.75, 3.05) is 11.9 Å². The number of rotatable bonds is 4. The number of H-pyrrole nitrogens is 1. The lowest BCUT2D eigenvalue weighted by molar-refractivity contribution is 0.256. The zero-order valence-electron chi connectivity index (χ0n) is 17.7. The Kier molecular flexibility index (Phi) is 5.25. The number of aryl methyl sites for hydroxylation is 1. The van der Waals surface area contributed by atoms with Crippen LogP contribution in [-0.2, 0) is 6.54 Å². The Balaban J connectivity index is 1.41.